The minimum Gasteiger partial charge on any atom is -0.375 e. The number of halogens is 1. The molecule has 0 aromatic heterocycles. The van der Waals surface area contributed by atoms with E-state index in [4.69, 9.17) is 0 Å². The molecule has 33 heavy (non-hydrogen) atoms. The van der Waals surface area contributed by atoms with Crippen LogP contribution in [0.4, 0.5) is 4.39 Å². The second kappa shape index (κ2) is 9.85. The van der Waals surface area contributed by atoms with Crippen LogP contribution in [0.1, 0.15) is 29.9 Å². The van der Waals surface area contributed by atoms with Crippen LogP contribution in [0.5, 0.6) is 0 Å². The zero-order valence-corrected chi connectivity index (χ0v) is 18.5. The van der Waals surface area contributed by atoms with Gasteiger partial charge >= 0.3 is 0 Å². The number of likely N-dealkylation sites (N-methyl/N-ethyl adjacent to an activating group) is 1. The fourth-order valence-electron chi connectivity index (χ4n) is 4.42. The number of hydrogen-bond acceptors (Lipinski definition) is 5. The summed E-state index contributed by atoms with van der Waals surface area (Å²) in [5.74, 6) is -0.212. The van der Waals surface area contributed by atoms with Crippen molar-refractivity contribution in [2.24, 2.45) is 0 Å². The molecule has 2 aromatic rings. The maximum Gasteiger partial charge on any atom is 0.289 e. The summed E-state index contributed by atoms with van der Waals surface area (Å²) in [7, 11) is 1.73. The van der Waals surface area contributed by atoms with Crippen LogP contribution in [0, 0.1) is 15.9 Å². The molecule has 0 saturated carbocycles. The average Bonchev–Trinajstić information content (AvgIpc) is 2.83. The Morgan fingerprint density at radius 3 is 2.42 bits per heavy atom. The Morgan fingerprint density at radius 1 is 1.12 bits per heavy atom. The number of likely N-dealkylation sites (tertiary alicyclic amines) is 1. The molecule has 2 aliphatic rings. The summed E-state index contributed by atoms with van der Waals surface area (Å²) in [6.45, 7) is 1.59. The van der Waals surface area contributed by atoms with E-state index in [9.17, 15) is 19.3 Å². The van der Waals surface area contributed by atoms with E-state index in [1.807, 2.05) is 30.3 Å². The van der Waals surface area contributed by atoms with Gasteiger partial charge in [-0.1, -0.05) is 42.5 Å². The van der Waals surface area contributed by atoms with Gasteiger partial charge in [0, 0.05) is 32.9 Å². The standard InChI is InChI=1S/C25H27FN4O3/c1-28-16-22(24(23(17-28)30(32)33)27-15-18-5-3-2-4-6-18)25(31)29-13-11-20(12-14-29)19-7-9-21(26)10-8-19/h2-10,16,20,27H,11-15,17H2,1H3. The Bertz CT molecular complexity index is 1070. The van der Waals surface area contributed by atoms with E-state index in [0.29, 0.717) is 25.2 Å². The largest absolute Gasteiger partial charge is 0.375 e. The molecule has 1 amide bonds. The predicted molar refractivity (Wildman–Crippen MR) is 123 cm³/mol. The second-order valence-electron chi connectivity index (χ2n) is 8.49. The predicted octanol–water partition coefficient (Wildman–Crippen LogP) is 3.64. The number of carbonyl (C=O) groups is 1. The minimum absolute atomic E-state index is 0.0134. The van der Waals surface area contributed by atoms with Crippen molar-refractivity contribution in [1.29, 1.82) is 0 Å². The molecule has 1 fully saturated rings. The van der Waals surface area contributed by atoms with Gasteiger partial charge in [0.1, 0.15) is 18.1 Å². The molecule has 0 bridgehead atoms. The van der Waals surface area contributed by atoms with Crippen LogP contribution < -0.4 is 5.32 Å². The molecule has 1 saturated heterocycles. The van der Waals surface area contributed by atoms with Crippen LogP contribution in [0.25, 0.3) is 0 Å². The molecule has 2 aromatic carbocycles. The third-order valence-electron chi connectivity index (χ3n) is 6.19. The van der Waals surface area contributed by atoms with Gasteiger partial charge in [0.2, 0.25) is 0 Å². The van der Waals surface area contributed by atoms with Crippen molar-refractivity contribution in [3.05, 3.63) is 105 Å². The monoisotopic (exact) mass is 450 g/mol. The second-order valence-corrected chi connectivity index (χ2v) is 8.49. The molecular formula is C25H27FN4O3. The first kappa shape index (κ1) is 22.5. The molecule has 2 aliphatic heterocycles. The molecule has 172 valence electrons. The number of amides is 1. The average molecular weight is 451 g/mol. The van der Waals surface area contributed by atoms with Crippen molar-refractivity contribution in [3.8, 4) is 0 Å². The summed E-state index contributed by atoms with van der Waals surface area (Å²) in [5, 5.41) is 15.0. The molecule has 0 spiro atoms. The summed E-state index contributed by atoms with van der Waals surface area (Å²) in [6.07, 6.45) is 3.22. The Morgan fingerprint density at radius 2 is 1.79 bits per heavy atom. The summed E-state index contributed by atoms with van der Waals surface area (Å²) >= 11 is 0. The number of rotatable bonds is 6. The molecule has 7 nitrogen and oxygen atoms in total. The van der Waals surface area contributed by atoms with Crippen molar-refractivity contribution in [2.75, 3.05) is 26.7 Å². The summed E-state index contributed by atoms with van der Waals surface area (Å²) < 4.78 is 13.2. The first-order valence-electron chi connectivity index (χ1n) is 11.0. The molecule has 8 heteroatoms. The van der Waals surface area contributed by atoms with E-state index >= 15 is 0 Å². The van der Waals surface area contributed by atoms with E-state index in [1.165, 1.54) is 12.1 Å². The topological polar surface area (TPSA) is 78.7 Å². The van der Waals surface area contributed by atoms with Gasteiger partial charge in [-0.05, 0) is 42.0 Å². The van der Waals surface area contributed by atoms with Crippen molar-refractivity contribution in [3.63, 3.8) is 0 Å². The molecule has 0 unspecified atom stereocenters. The highest BCUT2D eigenvalue weighted by atomic mass is 19.1. The van der Waals surface area contributed by atoms with Crippen molar-refractivity contribution in [1.82, 2.24) is 15.1 Å². The highest BCUT2D eigenvalue weighted by Crippen LogP contribution is 2.30. The van der Waals surface area contributed by atoms with Gasteiger partial charge in [-0.15, -0.1) is 0 Å². The lowest BCUT2D eigenvalue weighted by Crippen LogP contribution is -2.42. The van der Waals surface area contributed by atoms with Gasteiger partial charge < -0.3 is 15.1 Å². The molecule has 0 radical (unpaired) electrons. The maximum absolute atomic E-state index is 13.5. The van der Waals surface area contributed by atoms with Crippen molar-refractivity contribution < 1.29 is 14.1 Å². The molecule has 2 heterocycles. The molecular weight excluding hydrogens is 423 g/mol. The molecule has 4 rings (SSSR count). The summed E-state index contributed by atoms with van der Waals surface area (Å²) in [4.78, 5) is 28.3. The number of benzene rings is 2. The van der Waals surface area contributed by atoms with Gasteiger partial charge in [0.25, 0.3) is 11.6 Å². The van der Waals surface area contributed by atoms with E-state index in [2.05, 4.69) is 5.32 Å². The fourth-order valence-corrected chi connectivity index (χ4v) is 4.42. The Kier molecular flexibility index (Phi) is 6.72. The third kappa shape index (κ3) is 5.22. The normalized spacial score (nSPS) is 17.1. The smallest absolute Gasteiger partial charge is 0.289 e. The van der Waals surface area contributed by atoms with Crippen LogP contribution in [-0.4, -0.2) is 47.3 Å². The number of hydrogen-bond donors (Lipinski definition) is 1. The number of nitrogens with zero attached hydrogens (tertiary/aromatic N) is 3. The quantitative estimate of drug-likeness (QED) is 0.537. The van der Waals surface area contributed by atoms with E-state index in [0.717, 1.165) is 24.0 Å². The van der Waals surface area contributed by atoms with Crippen LogP contribution in [-0.2, 0) is 11.3 Å². The maximum atomic E-state index is 13.5. The zero-order chi connectivity index (χ0) is 23.4. The lowest BCUT2D eigenvalue weighted by Gasteiger charge is -2.34. The Labute approximate surface area is 192 Å². The number of nitro groups is 1. The molecule has 1 N–H and O–H groups in total. The number of carbonyl (C=O) groups excluding carboxylic acids is 1. The molecule has 0 atom stereocenters. The summed E-state index contributed by atoms with van der Waals surface area (Å²) in [6, 6.07) is 16.1. The van der Waals surface area contributed by atoms with Crippen molar-refractivity contribution in [2.45, 2.75) is 25.3 Å². The first-order chi connectivity index (χ1) is 15.9. The van der Waals surface area contributed by atoms with E-state index in [1.54, 1.807) is 35.2 Å². The van der Waals surface area contributed by atoms with Crippen LogP contribution in [0.15, 0.2) is 77.8 Å². The highest BCUT2D eigenvalue weighted by Gasteiger charge is 2.34. The number of piperidine rings is 1. The van der Waals surface area contributed by atoms with Crippen LogP contribution in [0.3, 0.4) is 0 Å². The minimum atomic E-state index is -0.412. The van der Waals surface area contributed by atoms with Gasteiger partial charge in [-0.25, -0.2) is 4.39 Å². The highest BCUT2D eigenvalue weighted by molar-refractivity contribution is 5.98. The van der Waals surface area contributed by atoms with Gasteiger partial charge in [-0.3, -0.25) is 14.9 Å². The number of nitrogens with one attached hydrogen (secondary N) is 1. The van der Waals surface area contributed by atoms with Crippen LogP contribution >= 0.6 is 0 Å². The van der Waals surface area contributed by atoms with Gasteiger partial charge in [-0.2, -0.15) is 0 Å². The third-order valence-corrected chi connectivity index (χ3v) is 6.19. The lowest BCUT2D eigenvalue weighted by molar-refractivity contribution is -0.429. The van der Waals surface area contributed by atoms with E-state index in [-0.39, 0.29) is 35.6 Å². The first-order valence-corrected chi connectivity index (χ1v) is 11.0. The fraction of sp³-hybridized carbons (Fsp3) is 0.320. The lowest BCUT2D eigenvalue weighted by atomic mass is 9.89. The van der Waals surface area contributed by atoms with Crippen molar-refractivity contribution >= 4 is 5.91 Å². The summed E-state index contributed by atoms with van der Waals surface area (Å²) in [5.41, 5.74) is 2.62. The SMILES string of the molecule is CN1C=C(C(=O)N2CCC(c3ccc(F)cc3)CC2)C(NCc2ccccc2)=C([N+](=O)[O-])C1. The molecule has 0 aliphatic carbocycles. The zero-order valence-electron chi connectivity index (χ0n) is 18.5. The Hall–Kier alpha value is -3.68. The van der Waals surface area contributed by atoms with Gasteiger partial charge in [0.15, 0.2) is 0 Å². The van der Waals surface area contributed by atoms with Crippen LogP contribution in [0.2, 0.25) is 0 Å². The van der Waals surface area contributed by atoms with Gasteiger partial charge in [0.05, 0.1) is 10.5 Å². The van der Waals surface area contributed by atoms with E-state index < -0.39 is 4.92 Å². The Balaban J connectivity index is 1.50.